The van der Waals surface area contributed by atoms with Crippen LogP contribution in [0.3, 0.4) is 0 Å². The van der Waals surface area contributed by atoms with Crippen LogP contribution in [0.1, 0.15) is 20.8 Å². The Morgan fingerprint density at radius 2 is 1.85 bits per heavy atom. The lowest BCUT2D eigenvalue weighted by molar-refractivity contribution is 0.333. The maximum absolute atomic E-state index is 12.1. The molecule has 0 fully saturated rings. The fourth-order valence-electron chi connectivity index (χ4n) is 1.61. The van der Waals surface area contributed by atoms with E-state index in [-0.39, 0.29) is 16.5 Å². The third-order valence-electron chi connectivity index (χ3n) is 2.59. The quantitative estimate of drug-likeness (QED) is 0.924. The van der Waals surface area contributed by atoms with Crippen LogP contribution < -0.4 is 10.3 Å². The maximum atomic E-state index is 12.1. The molecule has 1 N–H and O–H groups in total. The highest BCUT2D eigenvalue weighted by molar-refractivity contribution is 6.31. The van der Waals surface area contributed by atoms with E-state index in [4.69, 9.17) is 16.3 Å². The van der Waals surface area contributed by atoms with Gasteiger partial charge in [-0.1, -0.05) is 11.6 Å². The minimum atomic E-state index is -0.461. The van der Waals surface area contributed by atoms with Crippen molar-refractivity contribution in [3.05, 3.63) is 45.8 Å². The number of aromatic hydroxyl groups is 1. The molecule has 1 aromatic heterocycles. The highest BCUT2D eigenvalue weighted by Gasteiger charge is 2.20. The van der Waals surface area contributed by atoms with E-state index < -0.39 is 11.1 Å². The highest BCUT2D eigenvalue weighted by Crippen LogP contribution is 2.27. The van der Waals surface area contributed by atoms with Gasteiger partial charge in [-0.05, 0) is 45.0 Å². The second kappa shape index (κ2) is 5.17. The SMILES string of the molecule is CC(C)(C)n1ncc(Oc2ccc(O)cc2)c(Cl)c1=O. The van der Waals surface area contributed by atoms with Crippen molar-refractivity contribution < 1.29 is 9.84 Å². The first kappa shape index (κ1) is 14.4. The lowest BCUT2D eigenvalue weighted by Gasteiger charge is -2.21. The summed E-state index contributed by atoms with van der Waals surface area (Å²) in [6, 6.07) is 6.10. The van der Waals surface area contributed by atoms with Crippen LogP contribution in [0, 0.1) is 0 Å². The Bertz CT molecular complexity index is 672. The van der Waals surface area contributed by atoms with Gasteiger partial charge in [0.2, 0.25) is 0 Å². The number of rotatable bonds is 2. The van der Waals surface area contributed by atoms with E-state index in [0.29, 0.717) is 5.75 Å². The third kappa shape index (κ3) is 2.93. The second-order valence-electron chi connectivity index (χ2n) is 5.31. The Kier molecular flexibility index (Phi) is 3.72. The number of aromatic nitrogens is 2. The van der Waals surface area contributed by atoms with Crippen molar-refractivity contribution >= 4 is 11.6 Å². The minimum absolute atomic E-state index is 0.0250. The maximum Gasteiger partial charge on any atom is 0.289 e. The number of phenolic OH excluding ortho intramolecular Hbond substituents is 1. The molecule has 2 rings (SSSR count). The molecule has 0 amide bonds. The lowest BCUT2D eigenvalue weighted by atomic mass is 10.1. The van der Waals surface area contributed by atoms with Crippen molar-refractivity contribution in [1.82, 2.24) is 9.78 Å². The fourth-order valence-corrected chi connectivity index (χ4v) is 1.78. The summed E-state index contributed by atoms with van der Waals surface area (Å²) in [5.41, 5.74) is -0.868. The molecule has 5 nitrogen and oxygen atoms in total. The molecule has 0 saturated carbocycles. The summed E-state index contributed by atoms with van der Waals surface area (Å²) in [7, 11) is 0. The van der Waals surface area contributed by atoms with E-state index in [9.17, 15) is 9.90 Å². The molecule has 0 aliphatic carbocycles. The zero-order valence-corrected chi connectivity index (χ0v) is 12.2. The summed E-state index contributed by atoms with van der Waals surface area (Å²) < 4.78 is 6.80. The van der Waals surface area contributed by atoms with Gasteiger partial charge in [0.05, 0.1) is 11.7 Å². The van der Waals surface area contributed by atoms with Crippen LogP contribution in [0.5, 0.6) is 17.2 Å². The van der Waals surface area contributed by atoms with Crippen molar-refractivity contribution in [3.8, 4) is 17.2 Å². The molecule has 1 heterocycles. The molecule has 6 heteroatoms. The van der Waals surface area contributed by atoms with Gasteiger partial charge in [0, 0.05) is 0 Å². The van der Waals surface area contributed by atoms with Gasteiger partial charge in [0.1, 0.15) is 11.5 Å². The molecule has 0 spiro atoms. The molecule has 106 valence electrons. The molecule has 0 aliphatic rings. The van der Waals surface area contributed by atoms with Crippen LogP contribution in [-0.4, -0.2) is 14.9 Å². The standard InChI is InChI=1S/C14H15ClN2O3/c1-14(2,3)17-13(19)12(15)11(8-16-17)20-10-6-4-9(18)5-7-10/h4-8,18H,1-3H3. The normalized spacial score (nSPS) is 11.4. The lowest BCUT2D eigenvalue weighted by Crippen LogP contribution is -2.36. The first-order valence-corrected chi connectivity index (χ1v) is 6.42. The largest absolute Gasteiger partial charge is 0.508 e. The second-order valence-corrected chi connectivity index (χ2v) is 5.68. The van der Waals surface area contributed by atoms with Gasteiger partial charge in [-0.3, -0.25) is 4.79 Å². The van der Waals surface area contributed by atoms with E-state index in [0.717, 1.165) is 0 Å². The van der Waals surface area contributed by atoms with Gasteiger partial charge < -0.3 is 9.84 Å². The summed E-state index contributed by atoms with van der Waals surface area (Å²) >= 11 is 6.04. The van der Waals surface area contributed by atoms with Crippen molar-refractivity contribution in [1.29, 1.82) is 0 Å². The number of nitrogens with zero attached hydrogens (tertiary/aromatic N) is 2. The van der Waals surface area contributed by atoms with Gasteiger partial charge in [0.15, 0.2) is 10.8 Å². The molecule has 0 bridgehead atoms. The zero-order valence-electron chi connectivity index (χ0n) is 11.4. The number of halogens is 1. The topological polar surface area (TPSA) is 64.3 Å². The number of ether oxygens (including phenoxy) is 1. The first-order chi connectivity index (χ1) is 9.29. The number of phenols is 1. The molecule has 0 radical (unpaired) electrons. The summed E-state index contributed by atoms with van der Waals surface area (Å²) in [6.45, 7) is 5.58. The van der Waals surface area contributed by atoms with Crippen LogP contribution >= 0.6 is 11.6 Å². The van der Waals surface area contributed by atoms with Crippen molar-refractivity contribution in [2.75, 3.05) is 0 Å². The highest BCUT2D eigenvalue weighted by atomic mass is 35.5. The van der Waals surface area contributed by atoms with Crippen molar-refractivity contribution in [2.24, 2.45) is 0 Å². The first-order valence-electron chi connectivity index (χ1n) is 6.04. The van der Waals surface area contributed by atoms with Gasteiger partial charge in [-0.2, -0.15) is 5.10 Å². The smallest absolute Gasteiger partial charge is 0.289 e. The third-order valence-corrected chi connectivity index (χ3v) is 2.93. The predicted octanol–water partition coefficient (Wildman–Crippen LogP) is 3.15. The van der Waals surface area contributed by atoms with Crippen LogP contribution in [-0.2, 0) is 5.54 Å². The van der Waals surface area contributed by atoms with Crippen molar-refractivity contribution in [2.45, 2.75) is 26.3 Å². The van der Waals surface area contributed by atoms with Crippen LogP contribution in [0.4, 0.5) is 0 Å². The number of hydrogen-bond donors (Lipinski definition) is 1. The zero-order chi connectivity index (χ0) is 14.9. The Hall–Kier alpha value is -2.01. The molecule has 0 saturated heterocycles. The Balaban J connectivity index is 2.37. The van der Waals surface area contributed by atoms with Crippen LogP contribution in [0.15, 0.2) is 35.3 Å². The van der Waals surface area contributed by atoms with Crippen LogP contribution in [0.25, 0.3) is 0 Å². The molecule has 0 aliphatic heterocycles. The van der Waals surface area contributed by atoms with Gasteiger partial charge in [-0.15, -0.1) is 0 Å². The molecule has 2 aromatic rings. The van der Waals surface area contributed by atoms with E-state index >= 15 is 0 Å². The summed E-state index contributed by atoms with van der Waals surface area (Å²) in [5, 5.41) is 13.2. The summed E-state index contributed by atoms with van der Waals surface area (Å²) in [5.74, 6) is 0.770. The average molecular weight is 295 g/mol. The molecule has 0 atom stereocenters. The Morgan fingerprint density at radius 1 is 1.25 bits per heavy atom. The molecule has 20 heavy (non-hydrogen) atoms. The van der Waals surface area contributed by atoms with Gasteiger partial charge in [0.25, 0.3) is 5.56 Å². The van der Waals surface area contributed by atoms with Gasteiger partial charge >= 0.3 is 0 Å². The number of hydrogen-bond acceptors (Lipinski definition) is 4. The average Bonchev–Trinajstić information content (AvgIpc) is 2.36. The van der Waals surface area contributed by atoms with Crippen molar-refractivity contribution in [3.63, 3.8) is 0 Å². The van der Waals surface area contributed by atoms with E-state index in [1.54, 1.807) is 12.1 Å². The molecular weight excluding hydrogens is 280 g/mol. The monoisotopic (exact) mass is 294 g/mol. The van der Waals surface area contributed by atoms with E-state index in [2.05, 4.69) is 5.10 Å². The van der Waals surface area contributed by atoms with Gasteiger partial charge in [-0.25, -0.2) is 4.68 Å². The summed E-state index contributed by atoms with van der Waals surface area (Å²) in [6.07, 6.45) is 1.40. The molecule has 0 unspecified atom stereocenters. The van der Waals surface area contributed by atoms with Crippen LogP contribution in [0.2, 0.25) is 5.02 Å². The van der Waals surface area contributed by atoms with E-state index in [1.807, 2.05) is 20.8 Å². The molecular formula is C14H15ClN2O3. The Morgan fingerprint density at radius 3 is 2.40 bits per heavy atom. The molecule has 1 aromatic carbocycles. The predicted molar refractivity (Wildman–Crippen MR) is 76.7 cm³/mol. The van der Waals surface area contributed by atoms with E-state index in [1.165, 1.54) is 23.0 Å². The fraction of sp³-hybridized carbons (Fsp3) is 0.286. The summed E-state index contributed by atoms with van der Waals surface area (Å²) in [4.78, 5) is 12.1. The Labute approximate surface area is 121 Å². The minimum Gasteiger partial charge on any atom is -0.508 e. The number of benzene rings is 1.